The summed E-state index contributed by atoms with van der Waals surface area (Å²) >= 11 is 6.30. The number of anilines is 1. The van der Waals surface area contributed by atoms with Crippen molar-refractivity contribution in [2.24, 2.45) is 0 Å². The fourth-order valence-electron chi connectivity index (χ4n) is 6.28. The van der Waals surface area contributed by atoms with Gasteiger partial charge in [0.25, 0.3) is 0 Å². The normalized spacial score (nSPS) is 16.1. The van der Waals surface area contributed by atoms with Crippen LogP contribution in [0.15, 0.2) is 78.9 Å². The lowest BCUT2D eigenvalue weighted by Gasteiger charge is -2.36. The molecule has 0 atom stereocenters. The number of alkyl carbamates (subject to hydrolysis) is 1. The van der Waals surface area contributed by atoms with E-state index in [1.807, 2.05) is 84.2 Å². The van der Waals surface area contributed by atoms with Gasteiger partial charge in [0.15, 0.2) is 5.60 Å². The fourth-order valence-corrected chi connectivity index (χ4v) is 6.51. The van der Waals surface area contributed by atoms with Crippen molar-refractivity contribution in [3.8, 4) is 11.1 Å². The smallest absolute Gasteiger partial charge is 0.408 e. The molecule has 6 nitrogen and oxygen atoms in total. The average Bonchev–Trinajstić information content (AvgIpc) is 3.28. The SMILES string of the molecule is O=C(NCC(F)(F)F)OC1(CCCCN2CCN(c3ccc4c(Cl)cccc4n3)CC2)c2ccccc2-c2ccccc21. The highest BCUT2D eigenvalue weighted by Crippen LogP contribution is 2.52. The van der Waals surface area contributed by atoms with Gasteiger partial charge in [-0.3, -0.25) is 4.90 Å². The predicted molar refractivity (Wildman–Crippen MR) is 162 cm³/mol. The Kier molecular flexibility index (Phi) is 8.20. The number of pyridine rings is 1. The van der Waals surface area contributed by atoms with Gasteiger partial charge in [-0.05, 0) is 61.2 Å². The van der Waals surface area contributed by atoms with E-state index in [1.165, 1.54) is 0 Å². The van der Waals surface area contributed by atoms with Gasteiger partial charge < -0.3 is 15.0 Å². The molecule has 224 valence electrons. The minimum atomic E-state index is -4.53. The van der Waals surface area contributed by atoms with Crippen molar-refractivity contribution in [2.75, 3.05) is 44.2 Å². The number of ether oxygens (including phenoxy) is 1. The number of nitrogens with one attached hydrogen (secondary N) is 1. The molecular formula is C33H32ClF3N4O2. The van der Waals surface area contributed by atoms with Gasteiger partial charge >= 0.3 is 12.3 Å². The lowest BCUT2D eigenvalue weighted by molar-refractivity contribution is -0.124. The van der Waals surface area contributed by atoms with Crippen molar-refractivity contribution in [3.63, 3.8) is 0 Å². The van der Waals surface area contributed by atoms with Crippen LogP contribution in [-0.2, 0) is 10.3 Å². The molecule has 0 radical (unpaired) electrons. The van der Waals surface area contributed by atoms with Gasteiger partial charge in [-0.15, -0.1) is 0 Å². The fraction of sp³-hybridized carbons (Fsp3) is 0.333. The summed E-state index contributed by atoms with van der Waals surface area (Å²) in [6.45, 7) is 2.91. The molecule has 0 saturated carbocycles. The average molecular weight is 609 g/mol. The largest absolute Gasteiger partial charge is 0.433 e. The molecule has 43 heavy (non-hydrogen) atoms. The van der Waals surface area contributed by atoms with E-state index < -0.39 is 24.4 Å². The first kappa shape index (κ1) is 29.3. The number of unbranched alkanes of at least 4 members (excludes halogenated alkanes) is 1. The Bertz CT molecular complexity index is 1580. The lowest BCUT2D eigenvalue weighted by Crippen LogP contribution is -2.47. The molecule has 1 fully saturated rings. The highest BCUT2D eigenvalue weighted by Gasteiger charge is 2.46. The van der Waals surface area contributed by atoms with Crippen LogP contribution in [0.25, 0.3) is 22.0 Å². The van der Waals surface area contributed by atoms with Crippen LogP contribution in [-0.4, -0.2) is 61.4 Å². The van der Waals surface area contributed by atoms with Gasteiger partial charge in [-0.1, -0.05) is 66.2 Å². The Balaban J connectivity index is 1.10. The van der Waals surface area contributed by atoms with Crippen molar-refractivity contribution >= 4 is 34.4 Å². The van der Waals surface area contributed by atoms with Crippen LogP contribution in [0.5, 0.6) is 0 Å². The molecule has 1 amide bonds. The van der Waals surface area contributed by atoms with Crippen LogP contribution in [0, 0.1) is 0 Å². The number of rotatable bonds is 8. The highest BCUT2D eigenvalue weighted by atomic mass is 35.5. The zero-order valence-corrected chi connectivity index (χ0v) is 24.3. The Hall–Kier alpha value is -3.82. The third kappa shape index (κ3) is 6.15. The zero-order chi connectivity index (χ0) is 30.0. The van der Waals surface area contributed by atoms with Crippen LogP contribution >= 0.6 is 11.6 Å². The quantitative estimate of drug-likeness (QED) is 0.211. The number of carbonyl (C=O) groups is 1. The number of nitrogens with zero attached hydrogens (tertiary/aromatic N) is 3. The minimum Gasteiger partial charge on any atom is -0.433 e. The number of fused-ring (bicyclic) bond motifs is 4. The van der Waals surface area contributed by atoms with Crippen LogP contribution in [0.3, 0.4) is 0 Å². The molecular weight excluding hydrogens is 577 g/mol. The van der Waals surface area contributed by atoms with Crippen LogP contribution in [0.2, 0.25) is 5.02 Å². The molecule has 1 aliphatic heterocycles. The molecule has 1 aliphatic carbocycles. The zero-order valence-electron chi connectivity index (χ0n) is 23.5. The molecule has 4 aromatic rings. The minimum absolute atomic E-state index is 0.462. The second-order valence-corrected chi connectivity index (χ2v) is 11.4. The van der Waals surface area contributed by atoms with Gasteiger partial charge in [-0.2, -0.15) is 13.2 Å². The van der Waals surface area contributed by atoms with Crippen molar-refractivity contribution in [3.05, 3.63) is 95.0 Å². The summed E-state index contributed by atoms with van der Waals surface area (Å²) in [4.78, 5) is 22.2. The first-order chi connectivity index (χ1) is 20.7. The number of hydrogen-bond acceptors (Lipinski definition) is 5. The van der Waals surface area contributed by atoms with E-state index in [2.05, 4.69) is 9.80 Å². The molecule has 2 heterocycles. The number of benzene rings is 3. The summed E-state index contributed by atoms with van der Waals surface area (Å²) in [6, 6.07) is 25.1. The van der Waals surface area contributed by atoms with Crippen LogP contribution in [0.1, 0.15) is 30.4 Å². The second kappa shape index (κ2) is 12.1. The van der Waals surface area contributed by atoms with Gasteiger partial charge in [0, 0.05) is 47.7 Å². The third-order valence-corrected chi connectivity index (χ3v) is 8.66. The first-order valence-electron chi connectivity index (χ1n) is 14.5. The van der Waals surface area contributed by atoms with E-state index in [1.54, 1.807) is 0 Å². The Morgan fingerprint density at radius 2 is 1.56 bits per heavy atom. The molecule has 2 aliphatic rings. The van der Waals surface area contributed by atoms with Gasteiger partial charge in [0.1, 0.15) is 12.4 Å². The molecule has 0 unspecified atom stereocenters. The molecule has 3 aromatic carbocycles. The molecule has 1 aromatic heterocycles. The maximum Gasteiger partial charge on any atom is 0.408 e. The van der Waals surface area contributed by atoms with E-state index in [0.717, 1.165) is 84.5 Å². The number of halogens is 4. The van der Waals surface area contributed by atoms with Gasteiger partial charge in [0.2, 0.25) is 0 Å². The Morgan fingerprint density at radius 1 is 0.884 bits per heavy atom. The highest BCUT2D eigenvalue weighted by molar-refractivity contribution is 6.35. The maximum absolute atomic E-state index is 12.8. The standard InChI is InChI=1S/C33H32ClF3N4O2/c34-28-12-7-13-29-25(28)14-15-30(39-29)41-20-18-40(19-21-41)17-6-5-16-32(43-31(42)38-22-33(35,36)37)26-10-3-1-8-23(26)24-9-2-4-11-27(24)32/h1-4,7-15H,5-6,16-22H2,(H,38,42). The van der Waals surface area contributed by atoms with Crippen molar-refractivity contribution < 1.29 is 22.7 Å². The number of hydrogen-bond donors (Lipinski definition) is 1. The number of alkyl halides is 3. The molecule has 1 saturated heterocycles. The number of piperazine rings is 1. The first-order valence-corrected chi connectivity index (χ1v) is 14.9. The van der Waals surface area contributed by atoms with Gasteiger partial charge in [-0.25, -0.2) is 9.78 Å². The topological polar surface area (TPSA) is 57.7 Å². The number of amides is 1. The monoisotopic (exact) mass is 608 g/mol. The van der Waals surface area contributed by atoms with E-state index in [-0.39, 0.29) is 0 Å². The summed E-state index contributed by atoms with van der Waals surface area (Å²) in [6.07, 6.45) is -3.57. The summed E-state index contributed by atoms with van der Waals surface area (Å²) < 4.78 is 44.5. The summed E-state index contributed by atoms with van der Waals surface area (Å²) in [5, 5.41) is 3.54. The Morgan fingerprint density at radius 3 is 2.23 bits per heavy atom. The van der Waals surface area contributed by atoms with E-state index in [4.69, 9.17) is 21.3 Å². The maximum atomic E-state index is 12.8. The predicted octanol–water partition coefficient (Wildman–Crippen LogP) is 7.39. The van der Waals surface area contributed by atoms with E-state index in [0.29, 0.717) is 11.4 Å². The summed E-state index contributed by atoms with van der Waals surface area (Å²) in [5.74, 6) is 0.941. The Labute approximate surface area is 253 Å². The van der Waals surface area contributed by atoms with Crippen LogP contribution in [0.4, 0.5) is 23.8 Å². The molecule has 0 bridgehead atoms. The molecule has 0 spiro atoms. The van der Waals surface area contributed by atoms with E-state index >= 15 is 0 Å². The van der Waals surface area contributed by atoms with E-state index in [9.17, 15) is 18.0 Å². The second-order valence-electron chi connectivity index (χ2n) is 11.0. The molecule has 1 N–H and O–H groups in total. The van der Waals surface area contributed by atoms with Crippen molar-refractivity contribution in [1.29, 1.82) is 0 Å². The van der Waals surface area contributed by atoms with Crippen molar-refractivity contribution in [2.45, 2.75) is 31.0 Å². The van der Waals surface area contributed by atoms with Crippen LogP contribution < -0.4 is 10.2 Å². The summed E-state index contributed by atoms with van der Waals surface area (Å²) in [7, 11) is 0. The summed E-state index contributed by atoms with van der Waals surface area (Å²) in [5.41, 5.74) is 3.19. The number of aromatic nitrogens is 1. The van der Waals surface area contributed by atoms with Crippen molar-refractivity contribution in [1.82, 2.24) is 15.2 Å². The molecule has 10 heteroatoms. The number of carbonyl (C=O) groups excluding carboxylic acids is 1. The third-order valence-electron chi connectivity index (χ3n) is 8.33. The lowest BCUT2D eigenvalue weighted by atomic mass is 9.86. The molecule has 6 rings (SSSR count). The van der Waals surface area contributed by atoms with Gasteiger partial charge in [0.05, 0.1) is 5.52 Å².